The van der Waals surface area contributed by atoms with Gasteiger partial charge in [0.1, 0.15) is 6.61 Å². The highest BCUT2D eigenvalue weighted by molar-refractivity contribution is 5.81. The van der Waals surface area contributed by atoms with Gasteiger partial charge in [-0.25, -0.2) is 9.78 Å². The molecule has 0 radical (unpaired) electrons. The molecule has 114 valence electrons. The molecule has 1 unspecified atom stereocenters. The van der Waals surface area contributed by atoms with Gasteiger partial charge in [-0.15, -0.1) is 0 Å². The molecule has 0 bridgehead atoms. The molecule has 7 nitrogen and oxygen atoms in total. The molecule has 1 atom stereocenters. The fourth-order valence-electron chi connectivity index (χ4n) is 2.12. The van der Waals surface area contributed by atoms with Crippen molar-refractivity contribution in [2.24, 2.45) is 0 Å². The van der Waals surface area contributed by atoms with Gasteiger partial charge in [0.2, 0.25) is 6.10 Å². The van der Waals surface area contributed by atoms with E-state index in [1.165, 1.54) is 10.8 Å². The number of carbonyl (C=O) groups is 1. The number of hydrogen-bond donors (Lipinski definition) is 1. The highest BCUT2D eigenvalue weighted by Gasteiger charge is 2.26. The second kappa shape index (κ2) is 6.30. The number of nitrogens with one attached hydrogen (secondary N) is 1. The fraction of sp³-hybridized carbons (Fsp3) is 0.267. The summed E-state index contributed by atoms with van der Waals surface area (Å²) in [5, 5.41) is 2.73. The van der Waals surface area contributed by atoms with E-state index in [0.717, 1.165) is 0 Å². The van der Waals surface area contributed by atoms with Gasteiger partial charge in [-0.05, 0) is 18.2 Å². The Morgan fingerprint density at radius 3 is 2.95 bits per heavy atom. The predicted molar refractivity (Wildman–Crippen MR) is 77.9 cm³/mol. The number of para-hydroxylation sites is 2. The number of carbonyl (C=O) groups excluding carboxylic acids is 1. The normalized spacial score (nSPS) is 16.1. The minimum Gasteiger partial charge on any atom is -0.485 e. The van der Waals surface area contributed by atoms with Crippen LogP contribution in [0.5, 0.6) is 11.5 Å². The number of fused-ring (bicyclic) bond motifs is 1. The zero-order valence-electron chi connectivity index (χ0n) is 11.8. The molecule has 1 aliphatic heterocycles. The third-order valence-electron chi connectivity index (χ3n) is 3.24. The van der Waals surface area contributed by atoms with Gasteiger partial charge in [0, 0.05) is 25.5 Å². The standard InChI is InChI=1S/C15H15N3O4/c19-14(16-7-9-18-8-3-6-17-15(18)20)13-10-21-11-4-1-2-5-12(11)22-13/h1-6,8,13H,7,9-10H2,(H,16,19). The summed E-state index contributed by atoms with van der Waals surface area (Å²) in [5.74, 6) is 0.914. The van der Waals surface area contributed by atoms with Gasteiger partial charge in [-0.2, -0.15) is 0 Å². The molecule has 0 fully saturated rings. The molecule has 0 saturated heterocycles. The Labute approximate surface area is 126 Å². The van der Waals surface area contributed by atoms with Gasteiger partial charge < -0.3 is 14.8 Å². The molecular formula is C15H15N3O4. The van der Waals surface area contributed by atoms with Crippen LogP contribution >= 0.6 is 0 Å². The summed E-state index contributed by atoms with van der Waals surface area (Å²) in [6, 6.07) is 8.87. The number of benzene rings is 1. The van der Waals surface area contributed by atoms with E-state index in [0.29, 0.717) is 24.6 Å². The molecule has 1 aromatic carbocycles. The van der Waals surface area contributed by atoms with Crippen molar-refractivity contribution in [2.45, 2.75) is 12.6 Å². The second-order valence-corrected chi connectivity index (χ2v) is 4.75. The summed E-state index contributed by atoms with van der Waals surface area (Å²) in [6.45, 7) is 0.824. The van der Waals surface area contributed by atoms with E-state index in [9.17, 15) is 9.59 Å². The van der Waals surface area contributed by atoms with Crippen LogP contribution in [0, 0.1) is 0 Å². The molecule has 0 aliphatic carbocycles. The van der Waals surface area contributed by atoms with Crippen molar-refractivity contribution in [1.29, 1.82) is 0 Å². The average Bonchev–Trinajstić information content (AvgIpc) is 2.56. The highest BCUT2D eigenvalue weighted by atomic mass is 16.6. The van der Waals surface area contributed by atoms with E-state index < -0.39 is 6.10 Å². The van der Waals surface area contributed by atoms with Crippen LogP contribution < -0.4 is 20.5 Å². The first kappa shape index (κ1) is 14.1. The molecule has 2 heterocycles. The lowest BCUT2D eigenvalue weighted by Gasteiger charge is -2.25. The summed E-state index contributed by atoms with van der Waals surface area (Å²) in [6.07, 6.45) is 2.36. The molecule has 7 heteroatoms. The van der Waals surface area contributed by atoms with Crippen LogP contribution in [0.2, 0.25) is 0 Å². The topological polar surface area (TPSA) is 82.5 Å². The number of amides is 1. The fourth-order valence-corrected chi connectivity index (χ4v) is 2.12. The van der Waals surface area contributed by atoms with Crippen molar-refractivity contribution >= 4 is 5.91 Å². The molecular weight excluding hydrogens is 286 g/mol. The lowest BCUT2D eigenvalue weighted by atomic mass is 10.2. The number of ether oxygens (including phenoxy) is 2. The quantitative estimate of drug-likeness (QED) is 0.872. The van der Waals surface area contributed by atoms with Crippen molar-refractivity contribution in [1.82, 2.24) is 14.9 Å². The van der Waals surface area contributed by atoms with Gasteiger partial charge in [-0.3, -0.25) is 9.36 Å². The number of hydrogen-bond acceptors (Lipinski definition) is 5. The smallest absolute Gasteiger partial charge is 0.347 e. The second-order valence-electron chi connectivity index (χ2n) is 4.75. The predicted octanol–water partition coefficient (Wildman–Crippen LogP) is 0.199. The Morgan fingerprint density at radius 1 is 1.32 bits per heavy atom. The summed E-state index contributed by atoms with van der Waals surface area (Å²) in [4.78, 5) is 27.1. The Morgan fingerprint density at radius 2 is 2.14 bits per heavy atom. The average molecular weight is 301 g/mol. The van der Waals surface area contributed by atoms with Crippen molar-refractivity contribution in [2.75, 3.05) is 13.2 Å². The van der Waals surface area contributed by atoms with Gasteiger partial charge in [-0.1, -0.05) is 12.1 Å². The van der Waals surface area contributed by atoms with Crippen LogP contribution in [0.15, 0.2) is 47.5 Å². The molecule has 1 N–H and O–H groups in total. The van der Waals surface area contributed by atoms with E-state index in [2.05, 4.69) is 10.3 Å². The van der Waals surface area contributed by atoms with Crippen molar-refractivity contribution in [3.05, 3.63) is 53.2 Å². The Balaban J connectivity index is 1.53. The molecule has 0 saturated carbocycles. The maximum Gasteiger partial charge on any atom is 0.347 e. The summed E-state index contributed by atoms with van der Waals surface area (Å²) in [7, 11) is 0. The lowest BCUT2D eigenvalue weighted by Crippen LogP contribution is -2.45. The molecule has 1 aliphatic rings. The monoisotopic (exact) mass is 301 g/mol. The van der Waals surface area contributed by atoms with E-state index in [1.807, 2.05) is 12.1 Å². The molecule has 1 aromatic heterocycles. The first-order valence-electron chi connectivity index (χ1n) is 6.92. The minimum absolute atomic E-state index is 0.162. The van der Waals surface area contributed by atoms with Crippen LogP contribution in [0.3, 0.4) is 0 Å². The summed E-state index contributed by atoms with van der Waals surface area (Å²) < 4.78 is 12.5. The Kier molecular flexibility index (Phi) is 4.04. The number of nitrogens with zero attached hydrogens (tertiary/aromatic N) is 2. The van der Waals surface area contributed by atoms with Crippen molar-refractivity contribution < 1.29 is 14.3 Å². The molecule has 22 heavy (non-hydrogen) atoms. The highest BCUT2D eigenvalue weighted by Crippen LogP contribution is 2.30. The molecule has 1 amide bonds. The SMILES string of the molecule is O=C(NCCn1cccnc1=O)C1COc2ccccc2O1. The van der Waals surface area contributed by atoms with E-state index in [1.54, 1.807) is 24.4 Å². The first-order chi connectivity index (χ1) is 10.7. The van der Waals surface area contributed by atoms with Gasteiger partial charge in [0.15, 0.2) is 11.5 Å². The zero-order chi connectivity index (χ0) is 15.4. The zero-order valence-corrected chi connectivity index (χ0v) is 11.8. The van der Waals surface area contributed by atoms with E-state index in [-0.39, 0.29) is 18.2 Å². The lowest BCUT2D eigenvalue weighted by molar-refractivity contribution is -0.130. The first-order valence-corrected chi connectivity index (χ1v) is 6.92. The van der Waals surface area contributed by atoms with Crippen molar-refractivity contribution in [3.63, 3.8) is 0 Å². The van der Waals surface area contributed by atoms with Gasteiger partial charge in [0.25, 0.3) is 5.91 Å². The van der Waals surface area contributed by atoms with Crippen LogP contribution in [0.1, 0.15) is 0 Å². The van der Waals surface area contributed by atoms with Gasteiger partial charge in [0.05, 0.1) is 0 Å². The Bertz CT molecular complexity index is 728. The van der Waals surface area contributed by atoms with E-state index in [4.69, 9.17) is 9.47 Å². The maximum atomic E-state index is 12.1. The number of aromatic nitrogens is 2. The van der Waals surface area contributed by atoms with Crippen molar-refractivity contribution in [3.8, 4) is 11.5 Å². The third-order valence-corrected chi connectivity index (χ3v) is 3.24. The minimum atomic E-state index is -0.694. The maximum absolute atomic E-state index is 12.1. The molecule has 3 rings (SSSR count). The van der Waals surface area contributed by atoms with E-state index >= 15 is 0 Å². The van der Waals surface area contributed by atoms with Crippen LogP contribution in [0.4, 0.5) is 0 Å². The summed E-state index contributed by atoms with van der Waals surface area (Å²) in [5.41, 5.74) is -0.345. The largest absolute Gasteiger partial charge is 0.485 e. The summed E-state index contributed by atoms with van der Waals surface area (Å²) >= 11 is 0. The third kappa shape index (κ3) is 3.08. The van der Waals surface area contributed by atoms with Crippen LogP contribution in [-0.4, -0.2) is 34.7 Å². The van der Waals surface area contributed by atoms with Crippen LogP contribution in [-0.2, 0) is 11.3 Å². The molecule has 2 aromatic rings. The molecule has 0 spiro atoms. The Hall–Kier alpha value is -2.83. The number of rotatable bonds is 4. The van der Waals surface area contributed by atoms with Crippen LogP contribution in [0.25, 0.3) is 0 Å². The van der Waals surface area contributed by atoms with Gasteiger partial charge >= 0.3 is 5.69 Å².